The number of phenolic OH excluding ortho intramolecular Hbond substituents is 1. The number of piperidine rings is 1. The van der Waals surface area contributed by atoms with Crippen molar-refractivity contribution < 1.29 is 14.7 Å². The number of rotatable bonds is 10. The highest BCUT2D eigenvalue weighted by Crippen LogP contribution is 2.57. The van der Waals surface area contributed by atoms with Crippen LogP contribution in [-0.2, 0) is 29.5 Å². The van der Waals surface area contributed by atoms with Crippen LogP contribution in [0.5, 0.6) is 5.75 Å². The first-order valence-corrected chi connectivity index (χ1v) is 21.8. The molecule has 3 aromatic rings. The summed E-state index contributed by atoms with van der Waals surface area (Å²) in [5.74, 6) is 0.411. The highest BCUT2D eigenvalue weighted by molar-refractivity contribution is 6.04. The number of nitrogen functional groups attached to an aromatic ring is 1. The molecule has 58 heavy (non-hydrogen) atoms. The monoisotopic (exact) mass is 781 g/mol. The predicted molar refractivity (Wildman–Crippen MR) is 236 cm³/mol. The molecule has 0 spiro atoms. The van der Waals surface area contributed by atoms with Gasteiger partial charge >= 0.3 is 0 Å². The maximum Gasteiger partial charge on any atom is 0.254 e. The van der Waals surface area contributed by atoms with Gasteiger partial charge in [-0.1, -0.05) is 64.1 Å². The van der Waals surface area contributed by atoms with Crippen LogP contribution in [0.3, 0.4) is 0 Å². The third kappa shape index (κ3) is 6.95. The summed E-state index contributed by atoms with van der Waals surface area (Å²) in [7, 11) is 1.86. The van der Waals surface area contributed by atoms with E-state index in [-0.39, 0.29) is 34.6 Å². The van der Waals surface area contributed by atoms with E-state index in [1.165, 1.54) is 56.7 Å². The number of carbonyl (C=O) groups excluding carboxylic acids is 2. The lowest BCUT2D eigenvalue weighted by Gasteiger charge is -2.53. The zero-order chi connectivity index (χ0) is 41.1. The second kappa shape index (κ2) is 15.4. The number of phenols is 1. The Hall–Kier alpha value is -4.82. The Morgan fingerprint density at radius 2 is 1.78 bits per heavy atom. The van der Waals surface area contributed by atoms with Crippen molar-refractivity contribution >= 4 is 28.8 Å². The summed E-state index contributed by atoms with van der Waals surface area (Å²) >= 11 is 0. The molecule has 5 aliphatic rings. The fraction of sp³-hybridized carbons (Fsp3) is 0.480. The minimum Gasteiger partial charge on any atom is -0.506 e. The van der Waals surface area contributed by atoms with Gasteiger partial charge in [0.05, 0.1) is 11.7 Å². The minimum absolute atomic E-state index is 0.0269. The van der Waals surface area contributed by atoms with Gasteiger partial charge in [0.25, 0.3) is 5.91 Å². The summed E-state index contributed by atoms with van der Waals surface area (Å²) in [6, 6.07) is 16.2. The minimum atomic E-state index is -0.224. The van der Waals surface area contributed by atoms with Gasteiger partial charge in [0.1, 0.15) is 5.75 Å². The zero-order valence-electron chi connectivity index (χ0n) is 35.8. The molecular formula is C50H63N5O3. The van der Waals surface area contributed by atoms with E-state index >= 15 is 0 Å². The Bertz CT molecular complexity index is 2240. The molecule has 0 aromatic heterocycles. The van der Waals surface area contributed by atoms with Crippen molar-refractivity contribution in [3.63, 3.8) is 0 Å². The van der Waals surface area contributed by atoms with E-state index in [0.717, 1.165) is 56.4 Å². The summed E-state index contributed by atoms with van der Waals surface area (Å²) in [5, 5.41) is 12.9. The lowest BCUT2D eigenvalue weighted by atomic mass is 9.59. The lowest BCUT2D eigenvalue weighted by Crippen LogP contribution is -2.56. The molecule has 3 aliphatic heterocycles. The van der Waals surface area contributed by atoms with Gasteiger partial charge < -0.3 is 26.0 Å². The molecule has 0 saturated carbocycles. The predicted octanol–water partition coefficient (Wildman–Crippen LogP) is 8.35. The highest BCUT2D eigenvalue weighted by atomic mass is 16.3. The summed E-state index contributed by atoms with van der Waals surface area (Å²) in [5.41, 5.74) is 21.1. The Morgan fingerprint density at radius 1 is 1.02 bits per heavy atom. The van der Waals surface area contributed by atoms with Crippen molar-refractivity contribution in [1.82, 2.24) is 15.1 Å². The van der Waals surface area contributed by atoms with Crippen molar-refractivity contribution in [3.05, 3.63) is 116 Å². The molecule has 1 saturated heterocycles. The van der Waals surface area contributed by atoms with Crippen LogP contribution < -0.4 is 16.0 Å². The van der Waals surface area contributed by atoms with E-state index in [2.05, 4.69) is 87.0 Å². The first kappa shape index (κ1) is 40.0. The third-order valence-electron chi connectivity index (χ3n) is 14.0. The number of carbonyl (C=O) groups is 2. The average Bonchev–Trinajstić information content (AvgIpc) is 3.19. The van der Waals surface area contributed by atoms with Crippen molar-refractivity contribution in [2.24, 2.45) is 5.92 Å². The maximum atomic E-state index is 14.6. The SMILES string of the molecule is CCN1C2C=C3C(=C(c4ccccc4C(=O)N(C)CCCC(=O)NCCc4ccc(N)c(O)c4)c4cc5c6c(c4C3(C)C)CCCN6CCC5)C=C2C(C)CC1(C)C. The van der Waals surface area contributed by atoms with Gasteiger partial charge in [-0.15, -0.1) is 0 Å². The molecule has 306 valence electrons. The number of nitrogens with one attached hydrogen (secondary N) is 1. The number of hydrogen-bond donors (Lipinski definition) is 3. The van der Waals surface area contributed by atoms with Crippen LogP contribution in [0.25, 0.3) is 5.57 Å². The number of allylic oxidation sites excluding steroid dienone is 3. The van der Waals surface area contributed by atoms with Gasteiger partial charge in [0.15, 0.2) is 0 Å². The number of hydrogen-bond acceptors (Lipinski definition) is 6. The zero-order valence-corrected chi connectivity index (χ0v) is 35.8. The van der Waals surface area contributed by atoms with Gasteiger partial charge in [0, 0.05) is 61.9 Å². The molecule has 8 heteroatoms. The number of likely N-dealkylation sites (N-methyl/N-ethyl adjacent to an activating group) is 1. The first-order valence-electron chi connectivity index (χ1n) is 21.8. The van der Waals surface area contributed by atoms with Gasteiger partial charge in [0.2, 0.25) is 5.91 Å². The average molecular weight is 782 g/mol. The van der Waals surface area contributed by atoms with Gasteiger partial charge in [-0.05, 0) is 151 Å². The first-order chi connectivity index (χ1) is 27.7. The molecule has 2 unspecified atom stereocenters. The van der Waals surface area contributed by atoms with Gasteiger partial charge in [-0.3, -0.25) is 14.5 Å². The molecule has 3 heterocycles. The van der Waals surface area contributed by atoms with E-state index in [1.54, 1.807) is 17.0 Å². The number of benzene rings is 3. The smallest absolute Gasteiger partial charge is 0.254 e. The molecule has 4 N–H and O–H groups in total. The molecule has 2 atom stereocenters. The molecule has 2 amide bonds. The molecular weight excluding hydrogens is 719 g/mol. The largest absolute Gasteiger partial charge is 0.506 e. The number of aromatic hydroxyl groups is 1. The van der Waals surface area contributed by atoms with E-state index in [9.17, 15) is 14.7 Å². The third-order valence-corrected chi connectivity index (χ3v) is 14.0. The van der Waals surface area contributed by atoms with Crippen LogP contribution in [-0.4, -0.2) is 78.1 Å². The summed E-state index contributed by atoms with van der Waals surface area (Å²) in [6.07, 6.45) is 12.2. The molecule has 0 bridgehead atoms. The van der Waals surface area contributed by atoms with Crippen molar-refractivity contribution in [2.75, 3.05) is 50.4 Å². The highest BCUT2D eigenvalue weighted by Gasteiger charge is 2.47. The van der Waals surface area contributed by atoms with Crippen molar-refractivity contribution in [1.29, 1.82) is 0 Å². The number of likely N-dealkylation sites (tertiary alicyclic amines) is 1. The summed E-state index contributed by atoms with van der Waals surface area (Å²) in [6.45, 7) is 18.6. The Labute approximate surface area is 345 Å². The van der Waals surface area contributed by atoms with E-state index < -0.39 is 0 Å². The summed E-state index contributed by atoms with van der Waals surface area (Å²) in [4.78, 5) is 34.6. The molecule has 0 radical (unpaired) electrons. The molecule has 1 fully saturated rings. The Morgan fingerprint density at radius 3 is 2.53 bits per heavy atom. The van der Waals surface area contributed by atoms with Gasteiger partial charge in [-0.2, -0.15) is 0 Å². The van der Waals surface area contributed by atoms with E-state index in [1.807, 2.05) is 25.2 Å². The number of aryl methyl sites for hydroxylation is 1. The number of anilines is 2. The van der Waals surface area contributed by atoms with Crippen LogP contribution in [0, 0.1) is 5.92 Å². The normalized spacial score (nSPS) is 21.5. The second-order valence-corrected chi connectivity index (χ2v) is 18.6. The molecule has 2 aliphatic carbocycles. The Kier molecular flexibility index (Phi) is 10.6. The van der Waals surface area contributed by atoms with E-state index in [4.69, 9.17) is 5.73 Å². The molecule has 3 aromatic carbocycles. The lowest BCUT2D eigenvalue weighted by molar-refractivity contribution is -0.121. The fourth-order valence-electron chi connectivity index (χ4n) is 11.3. The quantitative estimate of drug-likeness (QED) is 0.141. The standard InChI is InChI=1S/C50H63N5O3/c1-8-55-42-29-40-38(28-37(42)31(2)30-49(55,3)4)45(39-27-33-14-11-24-54-25-12-17-36(47(33)54)46(39)50(40,5)6)34-15-9-10-16-35(34)48(58)53(7)23-13-18-44(57)52-22-21-32-19-20-41(51)43(56)26-32/h9-10,15-16,19-20,26-29,31,42,56H,8,11-14,17-18,21-25,30,51H2,1-7H3,(H,52,57). The van der Waals surface area contributed by atoms with Crippen molar-refractivity contribution in [3.8, 4) is 5.75 Å². The van der Waals surface area contributed by atoms with Crippen LogP contribution in [0.1, 0.15) is 117 Å². The molecule has 8 nitrogen and oxygen atoms in total. The summed E-state index contributed by atoms with van der Waals surface area (Å²) < 4.78 is 0. The van der Waals surface area contributed by atoms with Gasteiger partial charge in [-0.25, -0.2) is 0 Å². The molecule has 8 rings (SSSR count). The number of fused-ring (bicyclic) bond motifs is 4. The van der Waals surface area contributed by atoms with E-state index in [0.29, 0.717) is 49.5 Å². The number of nitrogens with zero attached hydrogens (tertiary/aromatic N) is 3. The van der Waals surface area contributed by atoms with Crippen LogP contribution in [0.15, 0.2) is 77.4 Å². The van der Waals surface area contributed by atoms with Crippen LogP contribution in [0.4, 0.5) is 11.4 Å². The topological polar surface area (TPSA) is 102 Å². The Balaban J connectivity index is 1.14. The van der Waals surface area contributed by atoms with Crippen LogP contribution >= 0.6 is 0 Å². The fourth-order valence-corrected chi connectivity index (χ4v) is 11.3. The number of nitrogens with two attached hydrogens (primary N) is 1. The maximum absolute atomic E-state index is 14.6. The van der Waals surface area contributed by atoms with Crippen LogP contribution in [0.2, 0.25) is 0 Å². The van der Waals surface area contributed by atoms with Crippen molar-refractivity contribution in [2.45, 2.75) is 110 Å². The number of amides is 2. The second-order valence-electron chi connectivity index (χ2n) is 18.6.